The molecular formula is C14H21N3O2. The highest BCUT2D eigenvalue weighted by molar-refractivity contribution is 5.97. The molecule has 1 heterocycles. The average Bonchev–Trinajstić information content (AvgIpc) is 2.41. The molecule has 0 bridgehead atoms. The number of amidine groups is 1. The van der Waals surface area contributed by atoms with Gasteiger partial charge >= 0.3 is 0 Å². The van der Waals surface area contributed by atoms with Crippen LogP contribution < -0.4 is 10.5 Å². The smallest absolute Gasteiger partial charge is 0.192 e. The molecule has 0 atom stereocenters. The number of oxime groups is 1. The molecule has 3 N–H and O–H groups in total. The maximum Gasteiger partial charge on any atom is 0.192 e. The summed E-state index contributed by atoms with van der Waals surface area (Å²) in [5, 5.41) is 11.7. The molecule has 2 rings (SSSR count). The molecule has 5 heteroatoms. The predicted molar refractivity (Wildman–Crippen MR) is 73.4 cm³/mol. The largest absolute Gasteiger partial charge is 0.488 e. The summed E-state index contributed by atoms with van der Waals surface area (Å²) >= 11 is 0. The predicted octanol–water partition coefficient (Wildman–Crippen LogP) is 2.52. The number of nitrogens with zero attached hydrogens (tertiary/aromatic N) is 2. The second kappa shape index (κ2) is 5.47. The lowest BCUT2D eigenvalue weighted by Crippen LogP contribution is -2.29. The van der Waals surface area contributed by atoms with Crippen LogP contribution in [-0.2, 0) is 0 Å². The van der Waals surface area contributed by atoms with E-state index < -0.39 is 0 Å². The molecule has 1 aliphatic carbocycles. The molecule has 1 saturated carbocycles. The minimum atomic E-state index is -0.0215. The number of pyridine rings is 1. The molecule has 0 aliphatic heterocycles. The maximum absolute atomic E-state index is 8.75. The summed E-state index contributed by atoms with van der Waals surface area (Å²) in [4.78, 5) is 4.10. The first kappa shape index (κ1) is 13.6. The molecule has 0 amide bonds. The van der Waals surface area contributed by atoms with E-state index in [2.05, 4.69) is 24.0 Å². The van der Waals surface area contributed by atoms with Crippen molar-refractivity contribution < 1.29 is 9.94 Å². The lowest BCUT2D eigenvalue weighted by atomic mass is 9.76. The Labute approximate surface area is 113 Å². The average molecular weight is 263 g/mol. The maximum atomic E-state index is 8.75. The summed E-state index contributed by atoms with van der Waals surface area (Å²) in [6.07, 6.45) is 6.13. The molecule has 0 radical (unpaired) electrons. The van der Waals surface area contributed by atoms with Gasteiger partial charge in [0, 0.05) is 6.20 Å². The van der Waals surface area contributed by atoms with Gasteiger partial charge in [0.15, 0.2) is 11.5 Å². The van der Waals surface area contributed by atoms with Crippen LogP contribution in [0.2, 0.25) is 0 Å². The highest BCUT2D eigenvalue weighted by atomic mass is 16.5. The highest BCUT2D eigenvalue weighted by Gasteiger charge is 2.28. The van der Waals surface area contributed by atoms with Crippen LogP contribution in [0.3, 0.4) is 0 Å². The topological polar surface area (TPSA) is 80.7 Å². The first-order chi connectivity index (χ1) is 9.02. The Morgan fingerprint density at radius 2 is 2.16 bits per heavy atom. The lowest BCUT2D eigenvalue weighted by Gasteiger charge is -2.34. The molecule has 1 aromatic heterocycles. The SMILES string of the molecule is CC1(C)CCC(Oc2cccnc2/C(N)=N/O)CC1. The zero-order valence-electron chi connectivity index (χ0n) is 11.5. The Morgan fingerprint density at radius 1 is 1.47 bits per heavy atom. The van der Waals surface area contributed by atoms with Crippen LogP contribution in [0.15, 0.2) is 23.5 Å². The third-order valence-electron chi connectivity index (χ3n) is 3.70. The van der Waals surface area contributed by atoms with E-state index in [1.807, 2.05) is 0 Å². The summed E-state index contributed by atoms with van der Waals surface area (Å²) in [5.74, 6) is 0.564. The molecule has 0 aromatic carbocycles. The van der Waals surface area contributed by atoms with E-state index in [9.17, 15) is 0 Å². The van der Waals surface area contributed by atoms with Gasteiger partial charge < -0.3 is 15.7 Å². The monoisotopic (exact) mass is 263 g/mol. The fourth-order valence-corrected chi connectivity index (χ4v) is 2.40. The summed E-state index contributed by atoms with van der Waals surface area (Å²) in [7, 11) is 0. The first-order valence-corrected chi connectivity index (χ1v) is 6.61. The van der Waals surface area contributed by atoms with Crippen molar-refractivity contribution >= 4 is 5.84 Å². The van der Waals surface area contributed by atoms with Gasteiger partial charge in [-0.15, -0.1) is 0 Å². The van der Waals surface area contributed by atoms with Gasteiger partial charge in [-0.05, 0) is 43.2 Å². The second-order valence-electron chi connectivity index (χ2n) is 5.82. The van der Waals surface area contributed by atoms with Gasteiger partial charge in [0.1, 0.15) is 5.75 Å². The minimum absolute atomic E-state index is 0.0215. The van der Waals surface area contributed by atoms with Crippen molar-refractivity contribution in [2.75, 3.05) is 0 Å². The molecule has 5 nitrogen and oxygen atoms in total. The fourth-order valence-electron chi connectivity index (χ4n) is 2.40. The third kappa shape index (κ3) is 3.36. The molecular weight excluding hydrogens is 242 g/mol. The third-order valence-corrected chi connectivity index (χ3v) is 3.70. The van der Waals surface area contributed by atoms with E-state index in [4.69, 9.17) is 15.7 Å². The normalized spacial score (nSPS) is 20.2. The fraction of sp³-hybridized carbons (Fsp3) is 0.571. The van der Waals surface area contributed by atoms with Crippen molar-refractivity contribution in [2.45, 2.75) is 45.6 Å². The zero-order chi connectivity index (χ0) is 13.9. The summed E-state index contributed by atoms with van der Waals surface area (Å²) in [6, 6.07) is 3.59. The number of rotatable bonds is 3. The van der Waals surface area contributed by atoms with Crippen molar-refractivity contribution in [3.05, 3.63) is 24.0 Å². The van der Waals surface area contributed by atoms with Gasteiger partial charge in [0.2, 0.25) is 0 Å². The number of aromatic nitrogens is 1. The van der Waals surface area contributed by atoms with Gasteiger partial charge in [-0.2, -0.15) is 0 Å². The summed E-state index contributed by atoms with van der Waals surface area (Å²) in [5.41, 5.74) is 6.40. The standard InChI is InChI=1S/C14H21N3O2/c1-14(2)7-5-10(6-8-14)19-11-4-3-9-16-12(11)13(15)17-18/h3-4,9-10,18H,5-8H2,1-2H3,(H2,15,17). The van der Waals surface area contributed by atoms with E-state index in [0.717, 1.165) is 25.7 Å². The van der Waals surface area contributed by atoms with Crippen LogP contribution in [0.25, 0.3) is 0 Å². The Bertz CT molecular complexity index is 462. The molecule has 0 spiro atoms. The van der Waals surface area contributed by atoms with E-state index in [0.29, 0.717) is 16.9 Å². The first-order valence-electron chi connectivity index (χ1n) is 6.61. The van der Waals surface area contributed by atoms with Crippen molar-refractivity contribution in [1.82, 2.24) is 4.98 Å². The van der Waals surface area contributed by atoms with E-state index in [-0.39, 0.29) is 11.9 Å². The van der Waals surface area contributed by atoms with Gasteiger partial charge in [0.05, 0.1) is 6.10 Å². The number of hydrogen-bond acceptors (Lipinski definition) is 4. The molecule has 0 unspecified atom stereocenters. The quantitative estimate of drug-likeness (QED) is 0.380. The van der Waals surface area contributed by atoms with Crippen molar-refractivity contribution in [3.63, 3.8) is 0 Å². The van der Waals surface area contributed by atoms with Crippen molar-refractivity contribution in [2.24, 2.45) is 16.3 Å². The van der Waals surface area contributed by atoms with Crippen molar-refractivity contribution in [1.29, 1.82) is 0 Å². The zero-order valence-corrected chi connectivity index (χ0v) is 11.5. The summed E-state index contributed by atoms with van der Waals surface area (Å²) in [6.45, 7) is 4.57. The van der Waals surface area contributed by atoms with Crippen molar-refractivity contribution in [3.8, 4) is 5.75 Å². The molecule has 1 aromatic rings. The molecule has 104 valence electrons. The minimum Gasteiger partial charge on any atom is -0.488 e. The van der Waals surface area contributed by atoms with Crippen LogP contribution in [-0.4, -0.2) is 22.1 Å². The molecule has 0 saturated heterocycles. The second-order valence-corrected chi connectivity index (χ2v) is 5.82. The van der Waals surface area contributed by atoms with Gasteiger partial charge in [-0.1, -0.05) is 19.0 Å². The summed E-state index contributed by atoms with van der Waals surface area (Å²) < 4.78 is 5.97. The van der Waals surface area contributed by atoms with Crippen LogP contribution in [0, 0.1) is 5.41 Å². The van der Waals surface area contributed by atoms with Crippen LogP contribution in [0.4, 0.5) is 0 Å². The number of nitrogens with two attached hydrogens (primary N) is 1. The lowest BCUT2D eigenvalue weighted by molar-refractivity contribution is 0.0982. The van der Waals surface area contributed by atoms with Crippen LogP contribution in [0.1, 0.15) is 45.2 Å². The van der Waals surface area contributed by atoms with Gasteiger partial charge in [0.25, 0.3) is 0 Å². The highest BCUT2D eigenvalue weighted by Crippen LogP contribution is 2.36. The van der Waals surface area contributed by atoms with E-state index in [1.54, 1.807) is 18.3 Å². The Kier molecular flexibility index (Phi) is 3.93. The number of hydrogen-bond donors (Lipinski definition) is 2. The molecule has 1 aliphatic rings. The van der Waals surface area contributed by atoms with E-state index >= 15 is 0 Å². The van der Waals surface area contributed by atoms with Gasteiger partial charge in [-0.3, -0.25) is 0 Å². The Balaban J connectivity index is 2.08. The Morgan fingerprint density at radius 3 is 2.79 bits per heavy atom. The van der Waals surface area contributed by atoms with Crippen LogP contribution >= 0.6 is 0 Å². The molecule has 19 heavy (non-hydrogen) atoms. The van der Waals surface area contributed by atoms with Crippen LogP contribution in [0.5, 0.6) is 5.75 Å². The Hall–Kier alpha value is -1.78. The molecule has 1 fully saturated rings. The van der Waals surface area contributed by atoms with Gasteiger partial charge in [-0.25, -0.2) is 4.98 Å². The number of ether oxygens (including phenoxy) is 1. The van der Waals surface area contributed by atoms with E-state index in [1.165, 1.54) is 0 Å².